The Balaban J connectivity index is 2.01. The van der Waals surface area contributed by atoms with Gasteiger partial charge in [0, 0.05) is 12.6 Å². The van der Waals surface area contributed by atoms with Crippen molar-refractivity contribution in [2.45, 2.75) is 13.0 Å². The third-order valence-corrected chi connectivity index (χ3v) is 3.59. The van der Waals surface area contributed by atoms with Crippen molar-refractivity contribution in [2.24, 2.45) is 0 Å². The van der Waals surface area contributed by atoms with Crippen molar-refractivity contribution >= 4 is 5.91 Å². The second-order valence-corrected chi connectivity index (χ2v) is 5.34. The normalized spacial score (nSPS) is 11.8. The van der Waals surface area contributed by atoms with Crippen LogP contribution >= 0.6 is 0 Å². The molecule has 1 amide bonds. The highest BCUT2D eigenvalue weighted by Crippen LogP contribution is 2.19. The van der Waals surface area contributed by atoms with E-state index in [1.807, 2.05) is 19.1 Å². The highest BCUT2D eigenvalue weighted by molar-refractivity contribution is 5.94. The van der Waals surface area contributed by atoms with Crippen LogP contribution in [0.2, 0.25) is 0 Å². The van der Waals surface area contributed by atoms with Crippen molar-refractivity contribution in [1.29, 1.82) is 0 Å². The summed E-state index contributed by atoms with van der Waals surface area (Å²) in [6, 6.07) is 14.6. The molecule has 0 saturated carbocycles. The van der Waals surface area contributed by atoms with E-state index in [2.05, 4.69) is 0 Å². The molecule has 4 nitrogen and oxygen atoms in total. The summed E-state index contributed by atoms with van der Waals surface area (Å²) < 4.78 is 5.09. The Hall–Kier alpha value is -2.33. The van der Waals surface area contributed by atoms with E-state index in [4.69, 9.17) is 4.74 Å². The summed E-state index contributed by atoms with van der Waals surface area (Å²) in [5, 5.41) is 10.3. The van der Waals surface area contributed by atoms with Gasteiger partial charge in [-0.1, -0.05) is 29.8 Å². The predicted octanol–water partition coefficient (Wildman–Crippen LogP) is 2.81. The molecule has 0 radical (unpaired) electrons. The number of amides is 1. The number of hydrogen-bond acceptors (Lipinski definition) is 3. The van der Waals surface area contributed by atoms with Crippen LogP contribution in [0.25, 0.3) is 0 Å². The lowest BCUT2D eigenvalue weighted by Crippen LogP contribution is -2.31. The zero-order valence-electron chi connectivity index (χ0n) is 13.1. The molecule has 0 spiro atoms. The number of hydrogen-bond donors (Lipinski definition) is 1. The Bertz CT molecular complexity index is 620. The monoisotopic (exact) mass is 299 g/mol. The lowest BCUT2D eigenvalue weighted by atomic mass is 10.1. The summed E-state index contributed by atoms with van der Waals surface area (Å²) >= 11 is 0. The molecule has 0 aliphatic rings. The molecule has 116 valence electrons. The molecule has 0 aliphatic carbocycles. The van der Waals surface area contributed by atoms with Gasteiger partial charge in [-0.15, -0.1) is 0 Å². The first-order chi connectivity index (χ1) is 10.5. The van der Waals surface area contributed by atoms with Gasteiger partial charge in [-0.2, -0.15) is 0 Å². The van der Waals surface area contributed by atoms with E-state index in [0.717, 1.165) is 16.9 Å². The number of methoxy groups -OCH3 is 1. The van der Waals surface area contributed by atoms with E-state index >= 15 is 0 Å². The minimum atomic E-state index is -0.731. The number of aliphatic hydroxyl groups excluding tert-OH is 1. The molecule has 2 aromatic carbocycles. The number of aliphatic hydroxyl groups is 1. The van der Waals surface area contributed by atoms with E-state index < -0.39 is 6.10 Å². The summed E-state index contributed by atoms with van der Waals surface area (Å²) in [6.45, 7) is 2.21. The SMILES string of the molecule is COc1ccc(C(O)CN(C)C(=O)c2ccc(C)cc2)cc1. The molecule has 2 aromatic rings. The molecule has 4 heteroatoms. The maximum Gasteiger partial charge on any atom is 0.253 e. The molecule has 0 aliphatic heterocycles. The van der Waals surface area contributed by atoms with Gasteiger partial charge >= 0.3 is 0 Å². The highest BCUT2D eigenvalue weighted by Gasteiger charge is 2.16. The van der Waals surface area contributed by atoms with Crippen molar-refractivity contribution in [1.82, 2.24) is 4.90 Å². The smallest absolute Gasteiger partial charge is 0.253 e. The molecule has 1 atom stereocenters. The topological polar surface area (TPSA) is 49.8 Å². The minimum Gasteiger partial charge on any atom is -0.497 e. The molecule has 2 rings (SSSR count). The van der Waals surface area contributed by atoms with Crippen molar-refractivity contribution < 1.29 is 14.6 Å². The molecule has 0 bridgehead atoms. The van der Waals surface area contributed by atoms with Crippen LogP contribution in [-0.4, -0.2) is 36.6 Å². The van der Waals surface area contributed by atoms with Gasteiger partial charge in [0.1, 0.15) is 5.75 Å². The van der Waals surface area contributed by atoms with Gasteiger partial charge in [0.2, 0.25) is 0 Å². The fourth-order valence-corrected chi connectivity index (χ4v) is 2.19. The number of nitrogens with zero attached hydrogens (tertiary/aromatic N) is 1. The van der Waals surface area contributed by atoms with Crippen molar-refractivity contribution in [3.63, 3.8) is 0 Å². The lowest BCUT2D eigenvalue weighted by Gasteiger charge is -2.21. The first-order valence-electron chi connectivity index (χ1n) is 7.15. The average Bonchev–Trinajstić information content (AvgIpc) is 2.54. The Morgan fingerprint density at radius 2 is 1.73 bits per heavy atom. The molecule has 0 fully saturated rings. The fourth-order valence-electron chi connectivity index (χ4n) is 2.19. The quantitative estimate of drug-likeness (QED) is 0.923. The molecule has 1 unspecified atom stereocenters. The van der Waals surface area contributed by atoms with Gasteiger partial charge in [-0.3, -0.25) is 4.79 Å². The van der Waals surface area contributed by atoms with Crippen LogP contribution < -0.4 is 4.74 Å². The Morgan fingerprint density at radius 3 is 2.27 bits per heavy atom. The molecular formula is C18H21NO3. The number of carbonyl (C=O) groups excluding carboxylic acids is 1. The van der Waals surface area contributed by atoms with Crippen LogP contribution in [-0.2, 0) is 0 Å². The summed E-state index contributed by atoms with van der Waals surface area (Å²) in [7, 11) is 3.29. The van der Waals surface area contributed by atoms with Crippen molar-refractivity contribution in [2.75, 3.05) is 20.7 Å². The number of aryl methyl sites for hydroxylation is 1. The number of rotatable bonds is 5. The van der Waals surface area contributed by atoms with Gasteiger partial charge in [0.05, 0.1) is 19.8 Å². The van der Waals surface area contributed by atoms with Gasteiger partial charge < -0.3 is 14.7 Å². The van der Waals surface area contributed by atoms with Crippen LogP contribution in [0.3, 0.4) is 0 Å². The number of likely N-dealkylation sites (N-methyl/N-ethyl adjacent to an activating group) is 1. The zero-order valence-corrected chi connectivity index (χ0v) is 13.1. The second kappa shape index (κ2) is 7.09. The van der Waals surface area contributed by atoms with Crippen LogP contribution in [0.1, 0.15) is 27.6 Å². The molecule has 1 N–H and O–H groups in total. The predicted molar refractivity (Wildman–Crippen MR) is 86.1 cm³/mol. The maximum atomic E-state index is 12.3. The number of ether oxygens (including phenoxy) is 1. The molecule has 0 saturated heterocycles. The molecular weight excluding hydrogens is 278 g/mol. The van der Waals surface area contributed by atoms with E-state index in [1.165, 1.54) is 4.90 Å². The fraction of sp³-hybridized carbons (Fsp3) is 0.278. The molecule has 0 heterocycles. The summed E-state index contributed by atoms with van der Waals surface area (Å²) in [6.07, 6.45) is -0.731. The summed E-state index contributed by atoms with van der Waals surface area (Å²) in [5.41, 5.74) is 2.48. The summed E-state index contributed by atoms with van der Waals surface area (Å²) in [4.78, 5) is 13.8. The van der Waals surface area contributed by atoms with Crippen LogP contribution in [0.15, 0.2) is 48.5 Å². The van der Waals surface area contributed by atoms with Gasteiger partial charge in [-0.05, 0) is 36.8 Å². The standard InChI is InChI=1S/C18H21NO3/c1-13-4-6-15(7-5-13)18(21)19(2)12-17(20)14-8-10-16(22-3)11-9-14/h4-11,17,20H,12H2,1-3H3. The molecule has 22 heavy (non-hydrogen) atoms. The zero-order chi connectivity index (χ0) is 16.1. The third-order valence-electron chi connectivity index (χ3n) is 3.59. The second-order valence-electron chi connectivity index (χ2n) is 5.34. The molecule has 0 aromatic heterocycles. The van der Waals surface area contributed by atoms with Gasteiger partial charge in [0.15, 0.2) is 0 Å². The van der Waals surface area contributed by atoms with Crippen LogP contribution in [0.5, 0.6) is 5.75 Å². The van der Waals surface area contributed by atoms with Gasteiger partial charge in [0.25, 0.3) is 5.91 Å². The maximum absolute atomic E-state index is 12.3. The lowest BCUT2D eigenvalue weighted by molar-refractivity contribution is 0.0681. The van der Waals surface area contributed by atoms with Crippen molar-refractivity contribution in [3.8, 4) is 5.75 Å². The van der Waals surface area contributed by atoms with E-state index in [0.29, 0.717) is 5.56 Å². The number of benzene rings is 2. The van der Waals surface area contributed by atoms with Gasteiger partial charge in [-0.25, -0.2) is 0 Å². The first-order valence-corrected chi connectivity index (χ1v) is 7.15. The largest absolute Gasteiger partial charge is 0.497 e. The van der Waals surface area contributed by atoms with E-state index in [-0.39, 0.29) is 12.5 Å². The van der Waals surface area contributed by atoms with E-state index in [9.17, 15) is 9.90 Å². The first kappa shape index (κ1) is 16.0. The summed E-state index contributed by atoms with van der Waals surface area (Å²) in [5.74, 6) is 0.632. The van der Waals surface area contributed by atoms with Crippen LogP contribution in [0, 0.1) is 6.92 Å². The highest BCUT2D eigenvalue weighted by atomic mass is 16.5. The number of carbonyl (C=O) groups is 1. The third kappa shape index (κ3) is 3.86. The van der Waals surface area contributed by atoms with E-state index in [1.54, 1.807) is 50.6 Å². The average molecular weight is 299 g/mol. The Kier molecular flexibility index (Phi) is 5.17. The van der Waals surface area contributed by atoms with Crippen LogP contribution in [0.4, 0.5) is 0 Å². The van der Waals surface area contributed by atoms with Crippen molar-refractivity contribution in [3.05, 3.63) is 65.2 Å². The Labute approximate surface area is 131 Å². The minimum absolute atomic E-state index is 0.104. The Morgan fingerprint density at radius 1 is 1.14 bits per heavy atom.